The summed E-state index contributed by atoms with van der Waals surface area (Å²) in [5.74, 6) is 2.66. The minimum absolute atomic E-state index is 0.596. The first-order chi connectivity index (χ1) is 11.7. The predicted octanol–water partition coefficient (Wildman–Crippen LogP) is 4.40. The molecule has 1 heterocycles. The third-order valence-corrected chi connectivity index (χ3v) is 6.55. The Morgan fingerprint density at radius 3 is 2.42 bits per heavy atom. The second-order valence-corrected chi connectivity index (χ2v) is 8.50. The van der Waals surface area contributed by atoms with Crippen molar-refractivity contribution in [2.24, 2.45) is 17.8 Å². The van der Waals surface area contributed by atoms with Crippen LogP contribution in [0.15, 0.2) is 24.3 Å². The van der Waals surface area contributed by atoms with Crippen LogP contribution in [-0.4, -0.2) is 24.2 Å². The van der Waals surface area contributed by atoms with Crippen LogP contribution in [0.4, 0.5) is 11.4 Å². The number of hydrogen-bond donors (Lipinski definition) is 2. The van der Waals surface area contributed by atoms with Crippen molar-refractivity contribution in [3.05, 3.63) is 24.3 Å². The summed E-state index contributed by atoms with van der Waals surface area (Å²) in [4.78, 5) is 2.50. The van der Waals surface area contributed by atoms with E-state index in [4.69, 9.17) is 12.2 Å². The van der Waals surface area contributed by atoms with Crippen LogP contribution >= 0.6 is 12.2 Å². The zero-order valence-electron chi connectivity index (χ0n) is 14.6. The van der Waals surface area contributed by atoms with Crippen molar-refractivity contribution in [1.82, 2.24) is 5.32 Å². The van der Waals surface area contributed by atoms with Crippen LogP contribution in [0, 0.1) is 17.8 Å². The van der Waals surface area contributed by atoms with Crippen molar-refractivity contribution in [1.29, 1.82) is 0 Å². The zero-order chi connectivity index (χ0) is 16.5. The van der Waals surface area contributed by atoms with Gasteiger partial charge in [-0.3, -0.25) is 0 Å². The summed E-state index contributed by atoms with van der Waals surface area (Å²) in [5, 5.41) is 7.70. The van der Waals surface area contributed by atoms with E-state index in [1.165, 1.54) is 57.3 Å². The molecule has 2 aliphatic carbocycles. The van der Waals surface area contributed by atoms with Gasteiger partial charge in [0.2, 0.25) is 0 Å². The topological polar surface area (TPSA) is 27.3 Å². The van der Waals surface area contributed by atoms with Crippen molar-refractivity contribution in [3.63, 3.8) is 0 Å². The van der Waals surface area contributed by atoms with Crippen LogP contribution in [0.5, 0.6) is 0 Å². The maximum Gasteiger partial charge on any atom is 0.171 e. The average Bonchev–Trinajstić information content (AvgIpc) is 3.19. The van der Waals surface area contributed by atoms with E-state index in [-0.39, 0.29) is 0 Å². The van der Waals surface area contributed by atoms with E-state index in [0.717, 1.165) is 28.6 Å². The molecule has 2 N–H and O–H groups in total. The molecule has 3 atom stereocenters. The predicted molar refractivity (Wildman–Crippen MR) is 106 cm³/mol. The van der Waals surface area contributed by atoms with Gasteiger partial charge in [0.25, 0.3) is 0 Å². The lowest BCUT2D eigenvalue weighted by atomic mass is 9.96. The van der Waals surface area contributed by atoms with Gasteiger partial charge in [0.1, 0.15) is 0 Å². The smallest absolute Gasteiger partial charge is 0.171 e. The molecule has 2 saturated carbocycles. The Balaban J connectivity index is 1.29. The lowest BCUT2D eigenvalue weighted by Crippen LogP contribution is -2.40. The van der Waals surface area contributed by atoms with Gasteiger partial charge in [0.05, 0.1) is 0 Å². The quantitative estimate of drug-likeness (QED) is 0.796. The van der Waals surface area contributed by atoms with Gasteiger partial charge in [-0.05, 0) is 86.3 Å². The lowest BCUT2D eigenvalue weighted by molar-refractivity contribution is 0.392. The van der Waals surface area contributed by atoms with Crippen molar-refractivity contribution < 1.29 is 0 Å². The van der Waals surface area contributed by atoms with Gasteiger partial charge < -0.3 is 15.5 Å². The van der Waals surface area contributed by atoms with Gasteiger partial charge in [-0.15, -0.1) is 0 Å². The average molecular weight is 344 g/mol. The number of benzene rings is 1. The SMILES string of the molecule is CC1CCN(c2ccc(NC(=S)N[C@H]3C[C@H]4CC[C@H]3C4)cc2)CC1. The molecule has 2 bridgehead atoms. The highest BCUT2D eigenvalue weighted by Crippen LogP contribution is 2.44. The summed E-state index contributed by atoms with van der Waals surface area (Å²) in [5.41, 5.74) is 2.42. The Morgan fingerprint density at radius 2 is 1.79 bits per heavy atom. The highest BCUT2D eigenvalue weighted by atomic mass is 32.1. The van der Waals surface area contributed by atoms with Crippen LogP contribution in [0.25, 0.3) is 0 Å². The molecule has 3 aliphatic rings. The van der Waals surface area contributed by atoms with E-state index in [0.29, 0.717) is 6.04 Å². The summed E-state index contributed by atoms with van der Waals surface area (Å²) in [6.45, 7) is 4.71. The molecule has 24 heavy (non-hydrogen) atoms. The van der Waals surface area contributed by atoms with E-state index in [2.05, 4.69) is 46.7 Å². The molecule has 130 valence electrons. The van der Waals surface area contributed by atoms with Crippen LogP contribution in [0.2, 0.25) is 0 Å². The maximum absolute atomic E-state index is 5.53. The number of rotatable bonds is 3. The Morgan fingerprint density at radius 1 is 1.04 bits per heavy atom. The third kappa shape index (κ3) is 3.53. The Kier molecular flexibility index (Phi) is 4.66. The second kappa shape index (κ2) is 6.91. The van der Waals surface area contributed by atoms with Gasteiger partial charge in [-0.1, -0.05) is 13.3 Å². The molecule has 0 aromatic heterocycles. The second-order valence-electron chi connectivity index (χ2n) is 8.10. The van der Waals surface area contributed by atoms with Crippen LogP contribution in [0.3, 0.4) is 0 Å². The maximum atomic E-state index is 5.53. The minimum Gasteiger partial charge on any atom is -0.372 e. The molecule has 1 aromatic carbocycles. The van der Waals surface area contributed by atoms with E-state index < -0.39 is 0 Å². The lowest BCUT2D eigenvalue weighted by Gasteiger charge is -2.32. The molecule has 3 nitrogen and oxygen atoms in total. The molecule has 0 spiro atoms. The molecule has 0 unspecified atom stereocenters. The first-order valence-electron chi connectivity index (χ1n) is 9.60. The van der Waals surface area contributed by atoms with Crippen molar-refractivity contribution in [2.75, 3.05) is 23.3 Å². The summed E-state index contributed by atoms with van der Waals surface area (Å²) >= 11 is 5.53. The molecule has 1 aromatic rings. The van der Waals surface area contributed by atoms with E-state index >= 15 is 0 Å². The highest BCUT2D eigenvalue weighted by Gasteiger charge is 2.39. The first-order valence-corrected chi connectivity index (χ1v) is 10.0. The largest absolute Gasteiger partial charge is 0.372 e. The van der Waals surface area contributed by atoms with E-state index in [1.807, 2.05) is 0 Å². The number of thiocarbonyl (C=S) groups is 1. The summed E-state index contributed by atoms with van der Waals surface area (Å²) in [7, 11) is 0. The zero-order valence-corrected chi connectivity index (χ0v) is 15.4. The Labute approximate surface area is 151 Å². The van der Waals surface area contributed by atoms with Gasteiger partial charge in [-0.2, -0.15) is 0 Å². The summed E-state index contributed by atoms with van der Waals surface area (Å²) in [6, 6.07) is 9.35. The van der Waals surface area contributed by atoms with Crippen molar-refractivity contribution in [3.8, 4) is 0 Å². The molecule has 3 fully saturated rings. The van der Waals surface area contributed by atoms with Crippen molar-refractivity contribution >= 4 is 28.7 Å². The molecule has 1 aliphatic heterocycles. The monoisotopic (exact) mass is 343 g/mol. The number of nitrogens with one attached hydrogen (secondary N) is 2. The van der Waals surface area contributed by atoms with Crippen LogP contribution < -0.4 is 15.5 Å². The molecule has 4 heteroatoms. The normalized spacial score (nSPS) is 29.7. The fraction of sp³-hybridized carbons (Fsp3) is 0.650. The van der Waals surface area contributed by atoms with Gasteiger partial charge in [-0.25, -0.2) is 0 Å². The number of fused-ring (bicyclic) bond motifs is 2. The fourth-order valence-corrected chi connectivity index (χ4v) is 5.05. The van der Waals surface area contributed by atoms with Gasteiger partial charge in [0, 0.05) is 30.5 Å². The number of hydrogen-bond acceptors (Lipinski definition) is 2. The number of piperidine rings is 1. The molecule has 4 rings (SSSR count). The standard InChI is InChI=1S/C20H29N3S/c1-14-8-10-23(11-9-14)18-6-4-17(5-7-18)21-20(24)22-19-13-15-2-3-16(19)12-15/h4-7,14-16,19H,2-3,8-13H2,1H3,(H2,21,22,24)/t15-,16-,19-/m0/s1. The van der Waals surface area contributed by atoms with Crippen LogP contribution in [-0.2, 0) is 0 Å². The summed E-state index contributed by atoms with van der Waals surface area (Å²) in [6.07, 6.45) is 8.13. The van der Waals surface area contributed by atoms with Gasteiger partial charge in [0.15, 0.2) is 5.11 Å². The van der Waals surface area contributed by atoms with Crippen LogP contribution in [0.1, 0.15) is 45.4 Å². The van der Waals surface area contributed by atoms with Crippen molar-refractivity contribution in [2.45, 2.75) is 51.5 Å². The molecule has 0 amide bonds. The fourth-order valence-electron chi connectivity index (χ4n) is 4.78. The first kappa shape index (κ1) is 16.2. The van der Waals surface area contributed by atoms with Gasteiger partial charge >= 0.3 is 0 Å². The number of nitrogens with zero attached hydrogens (tertiary/aromatic N) is 1. The molecule has 0 radical (unpaired) electrons. The summed E-state index contributed by atoms with van der Waals surface area (Å²) < 4.78 is 0. The highest BCUT2D eigenvalue weighted by molar-refractivity contribution is 7.80. The van der Waals surface area contributed by atoms with E-state index in [1.54, 1.807) is 0 Å². The Bertz CT molecular complexity index is 577. The number of anilines is 2. The molecular formula is C20H29N3S. The van der Waals surface area contributed by atoms with E-state index in [9.17, 15) is 0 Å². The molecular weight excluding hydrogens is 314 g/mol. The minimum atomic E-state index is 0.596. The molecule has 1 saturated heterocycles. The third-order valence-electron chi connectivity index (χ3n) is 6.33. The Hall–Kier alpha value is -1.29.